The molecule has 10 heteroatoms. The minimum Gasteiger partial charge on any atom is -0.507 e. The number of nitrogens with zero attached hydrogens (tertiary/aromatic N) is 2. The van der Waals surface area contributed by atoms with E-state index < -0.39 is 17.7 Å². The van der Waals surface area contributed by atoms with Crippen molar-refractivity contribution >= 4 is 44.1 Å². The highest BCUT2D eigenvalue weighted by atomic mass is 32.1. The number of anilines is 1. The van der Waals surface area contributed by atoms with Gasteiger partial charge in [0.2, 0.25) is 0 Å². The molecule has 9 nitrogen and oxygen atoms in total. The number of methoxy groups -OCH3 is 1. The normalized spacial score (nSPS) is 17.4. The number of ketones is 1. The zero-order valence-corrected chi connectivity index (χ0v) is 26.0. The van der Waals surface area contributed by atoms with Crippen molar-refractivity contribution in [2.75, 3.05) is 31.8 Å². The summed E-state index contributed by atoms with van der Waals surface area (Å²) in [5.74, 6) is 0.107. The third-order valence-electron chi connectivity index (χ3n) is 7.79. The Morgan fingerprint density at radius 1 is 1.02 bits per heavy atom. The van der Waals surface area contributed by atoms with E-state index in [0.29, 0.717) is 59.1 Å². The minimum absolute atomic E-state index is 0.0579. The SMILES string of the molecule is CCCCCOc1ccc(C2/C(=C(\O)c3ccc4c(c3)OCCO4)C(=O)C(=O)N2c2nc3c(C)cc(C)cc3s2)cc1OC. The van der Waals surface area contributed by atoms with Crippen molar-refractivity contribution in [3.05, 3.63) is 76.4 Å². The Bertz CT molecular complexity index is 1790. The molecule has 0 aliphatic carbocycles. The van der Waals surface area contributed by atoms with Crippen molar-refractivity contribution in [1.82, 2.24) is 4.98 Å². The number of hydrogen-bond acceptors (Lipinski definition) is 9. The number of ether oxygens (including phenoxy) is 4. The highest BCUT2D eigenvalue weighted by Crippen LogP contribution is 2.47. The number of unbranched alkanes of at least 4 members (excludes halogenated alkanes) is 2. The number of thiazole rings is 1. The Morgan fingerprint density at radius 2 is 1.82 bits per heavy atom. The largest absolute Gasteiger partial charge is 0.507 e. The average Bonchev–Trinajstić information content (AvgIpc) is 3.56. The number of rotatable bonds is 9. The van der Waals surface area contributed by atoms with Crippen LogP contribution >= 0.6 is 11.3 Å². The van der Waals surface area contributed by atoms with Gasteiger partial charge in [0.25, 0.3) is 5.78 Å². The average molecular weight is 615 g/mol. The maximum Gasteiger partial charge on any atom is 0.301 e. The summed E-state index contributed by atoms with van der Waals surface area (Å²) in [6.45, 7) is 7.43. The molecule has 1 atom stereocenters. The molecular formula is C34H34N2O7S. The van der Waals surface area contributed by atoms with Gasteiger partial charge in [-0.1, -0.05) is 43.2 Å². The number of carbonyl (C=O) groups is 2. The molecule has 44 heavy (non-hydrogen) atoms. The van der Waals surface area contributed by atoms with Crippen molar-refractivity contribution < 1.29 is 33.6 Å². The lowest BCUT2D eigenvalue weighted by Gasteiger charge is -2.24. The first-order chi connectivity index (χ1) is 21.3. The first kappa shape index (κ1) is 29.5. The standard InChI is InChI=1S/C34H34N2O7S/c1-5-6-7-12-41-23-10-8-21(17-25(23)40-4)30-28(31(37)22-9-11-24-26(18-22)43-14-13-42-24)32(38)33(39)36(30)34-35-29-20(3)15-19(2)16-27(29)44-34/h8-11,15-18,30,37H,5-7,12-14H2,1-4H3/b31-28+. The minimum atomic E-state index is -0.979. The predicted octanol–water partition coefficient (Wildman–Crippen LogP) is 6.89. The number of aliphatic hydroxyl groups excluding tert-OH is 1. The second-order valence-corrected chi connectivity index (χ2v) is 11.9. The predicted molar refractivity (Wildman–Crippen MR) is 169 cm³/mol. The van der Waals surface area contributed by atoms with Crippen LogP contribution in [0.15, 0.2) is 54.1 Å². The lowest BCUT2D eigenvalue weighted by Crippen LogP contribution is -2.29. The van der Waals surface area contributed by atoms with Crippen LogP contribution in [0.3, 0.4) is 0 Å². The van der Waals surface area contributed by atoms with Crippen LogP contribution in [-0.4, -0.2) is 48.7 Å². The second-order valence-electron chi connectivity index (χ2n) is 10.9. The number of benzene rings is 3. The maximum atomic E-state index is 13.8. The number of aryl methyl sites for hydroxylation is 2. The Morgan fingerprint density at radius 3 is 2.59 bits per heavy atom. The molecule has 6 rings (SSSR count). The zero-order valence-electron chi connectivity index (χ0n) is 25.1. The van der Waals surface area contributed by atoms with E-state index in [1.165, 1.54) is 16.2 Å². The maximum absolute atomic E-state index is 13.8. The number of aliphatic hydroxyl groups is 1. The van der Waals surface area contributed by atoms with E-state index in [1.807, 2.05) is 26.0 Å². The molecule has 3 aromatic carbocycles. The van der Waals surface area contributed by atoms with Gasteiger partial charge in [0.05, 0.1) is 35.5 Å². The van der Waals surface area contributed by atoms with E-state index in [-0.39, 0.29) is 11.3 Å². The fraction of sp³-hybridized carbons (Fsp3) is 0.324. The summed E-state index contributed by atoms with van der Waals surface area (Å²) in [5.41, 5.74) is 3.64. The van der Waals surface area contributed by atoms with Crippen molar-refractivity contribution in [3.63, 3.8) is 0 Å². The lowest BCUT2D eigenvalue weighted by molar-refractivity contribution is -0.132. The van der Waals surface area contributed by atoms with Crippen molar-refractivity contribution in [1.29, 1.82) is 0 Å². The van der Waals surface area contributed by atoms with Crippen molar-refractivity contribution in [3.8, 4) is 23.0 Å². The fourth-order valence-electron chi connectivity index (χ4n) is 5.66. The van der Waals surface area contributed by atoms with Crippen molar-refractivity contribution in [2.24, 2.45) is 0 Å². The molecule has 1 N–H and O–H groups in total. The van der Waals surface area contributed by atoms with Crippen LogP contribution in [0.1, 0.15) is 54.5 Å². The molecule has 1 aromatic heterocycles. The topological polar surface area (TPSA) is 107 Å². The van der Waals surface area contributed by atoms with Crippen LogP contribution in [0.25, 0.3) is 16.0 Å². The third kappa shape index (κ3) is 5.34. The van der Waals surface area contributed by atoms with Crippen molar-refractivity contribution in [2.45, 2.75) is 46.1 Å². The molecule has 1 unspecified atom stereocenters. The van der Waals surface area contributed by atoms with E-state index in [0.717, 1.165) is 40.6 Å². The first-order valence-corrected chi connectivity index (χ1v) is 15.5. The van der Waals surface area contributed by atoms with Crippen LogP contribution in [0, 0.1) is 13.8 Å². The van der Waals surface area contributed by atoms with Crippen LogP contribution in [-0.2, 0) is 9.59 Å². The zero-order chi connectivity index (χ0) is 31.0. The van der Waals surface area contributed by atoms with Gasteiger partial charge in [-0.3, -0.25) is 14.5 Å². The van der Waals surface area contributed by atoms with Gasteiger partial charge >= 0.3 is 5.91 Å². The highest BCUT2D eigenvalue weighted by molar-refractivity contribution is 7.22. The molecule has 4 aromatic rings. The molecule has 1 fully saturated rings. The summed E-state index contributed by atoms with van der Waals surface area (Å²) in [6.07, 6.45) is 3.04. The Hall–Kier alpha value is -4.57. The quantitative estimate of drug-likeness (QED) is 0.0940. The number of fused-ring (bicyclic) bond motifs is 2. The number of Topliss-reactive ketones (excluding diaryl/α,β-unsaturated/α-hetero) is 1. The summed E-state index contributed by atoms with van der Waals surface area (Å²) >= 11 is 1.33. The molecular weight excluding hydrogens is 580 g/mol. The van der Waals surface area contributed by atoms with Gasteiger partial charge in [-0.15, -0.1) is 0 Å². The van der Waals surface area contributed by atoms with Gasteiger partial charge in [-0.2, -0.15) is 0 Å². The summed E-state index contributed by atoms with van der Waals surface area (Å²) in [7, 11) is 1.54. The smallest absolute Gasteiger partial charge is 0.301 e. The van der Waals surface area contributed by atoms with E-state index in [1.54, 1.807) is 43.5 Å². The fourth-order valence-corrected chi connectivity index (χ4v) is 6.83. The number of aromatic nitrogens is 1. The number of amides is 1. The highest BCUT2D eigenvalue weighted by Gasteiger charge is 2.48. The molecule has 1 saturated heterocycles. The molecule has 0 radical (unpaired) electrons. The Balaban J connectivity index is 1.50. The van der Waals surface area contributed by atoms with Gasteiger partial charge in [0, 0.05) is 5.56 Å². The van der Waals surface area contributed by atoms with Gasteiger partial charge < -0.3 is 24.1 Å². The number of hydrogen-bond donors (Lipinski definition) is 1. The number of carbonyl (C=O) groups excluding carboxylic acids is 2. The Kier molecular flexibility index (Phi) is 8.18. The van der Waals surface area contributed by atoms with E-state index in [9.17, 15) is 14.7 Å². The summed E-state index contributed by atoms with van der Waals surface area (Å²) in [5, 5.41) is 12.0. The van der Waals surface area contributed by atoms with Crippen LogP contribution < -0.4 is 23.8 Å². The van der Waals surface area contributed by atoms with E-state index in [2.05, 4.69) is 6.92 Å². The van der Waals surface area contributed by atoms with E-state index in [4.69, 9.17) is 23.9 Å². The molecule has 2 aliphatic heterocycles. The third-order valence-corrected chi connectivity index (χ3v) is 8.80. The molecule has 3 heterocycles. The monoisotopic (exact) mass is 614 g/mol. The summed E-state index contributed by atoms with van der Waals surface area (Å²) in [4.78, 5) is 33.8. The van der Waals surface area contributed by atoms with Crippen LogP contribution in [0.4, 0.5) is 5.13 Å². The first-order valence-electron chi connectivity index (χ1n) is 14.7. The van der Waals surface area contributed by atoms with Crippen LogP contribution in [0.2, 0.25) is 0 Å². The van der Waals surface area contributed by atoms with E-state index >= 15 is 0 Å². The molecule has 0 spiro atoms. The second kappa shape index (κ2) is 12.2. The lowest BCUT2D eigenvalue weighted by atomic mass is 9.95. The van der Waals surface area contributed by atoms with Gasteiger partial charge in [-0.05, 0) is 73.4 Å². The summed E-state index contributed by atoms with van der Waals surface area (Å²) in [6, 6.07) is 13.3. The molecule has 228 valence electrons. The van der Waals surface area contributed by atoms with Crippen LogP contribution in [0.5, 0.6) is 23.0 Å². The molecule has 0 bridgehead atoms. The molecule has 0 saturated carbocycles. The van der Waals surface area contributed by atoms with Gasteiger partial charge in [-0.25, -0.2) is 4.98 Å². The molecule has 2 aliphatic rings. The molecule has 1 amide bonds. The summed E-state index contributed by atoms with van der Waals surface area (Å²) < 4.78 is 23.9. The Labute approximate surface area is 259 Å². The van der Waals surface area contributed by atoms with Gasteiger partial charge in [0.1, 0.15) is 19.0 Å². The van der Waals surface area contributed by atoms with Gasteiger partial charge in [0.15, 0.2) is 28.1 Å².